The van der Waals surface area contributed by atoms with E-state index in [9.17, 15) is 0 Å². The quantitative estimate of drug-likeness (QED) is 0.685. The second-order valence-electron chi connectivity index (χ2n) is 5.40. The summed E-state index contributed by atoms with van der Waals surface area (Å²) < 4.78 is 5.17. The topological polar surface area (TPSA) is 21.3 Å². The minimum Gasteiger partial charge on any atom is -0.385 e. The van der Waals surface area contributed by atoms with E-state index < -0.39 is 0 Å². The standard InChI is InChI=1S/C15H31NO/c1-3-16-15(12-9-13-17-2)14-10-7-5-4-6-8-11-14/h14-16H,3-13H2,1-2H3. The number of methoxy groups -OCH3 is 1. The van der Waals surface area contributed by atoms with Gasteiger partial charge in [0, 0.05) is 19.8 Å². The van der Waals surface area contributed by atoms with E-state index in [-0.39, 0.29) is 0 Å². The van der Waals surface area contributed by atoms with Crippen molar-refractivity contribution < 1.29 is 4.74 Å². The Hall–Kier alpha value is -0.0800. The fourth-order valence-corrected chi connectivity index (χ4v) is 3.10. The summed E-state index contributed by atoms with van der Waals surface area (Å²) in [7, 11) is 1.80. The first-order chi connectivity index (χ1) is 8.38. The molecule has 1 rings (SSSR count). The molecule has 1 N–H and O–H groups in total. The first-order valence-corrected chi connectivity index (χ1v) is 7.60. The molecule has 0 amide bonds. The Balaban J connectivity index is 2.35. The van der Waals surface area contributed by atoms with E-state index in [4.69, 9.17) is 4.74 Å². The fraction of sp³-hybridized carbons (Fsp3) is 1.00. The smallest absolute Gasteiger partial charge is 0.0462 e. The number of hydrogen-bond donors (Lipinski definition) is 1. The number of hydrogen-bond acceptors (Lipinski definition) is 2. The lowest BCUT2D eigenvalue weighted by Crippen LogP contribution is -2.36. The number of ether oxygens (including phenoxy) is 1. The second kappa shape index (κ2) is 9.90. The average molecular weight is 241 g/mol. The summed E-state index contributed by atoms with van der Waals surface area (Å²) >= 11 is 0. The summed E-state index contributed by atoms with van der Waals surface area (Å²) in [5.41, 5.74) is 0. The maximum absolute atomic E-state index is 5.17. The van der Waals surface area contributed by atoms with Crippen molar-refractivity contribution in [1.82, 2.24) is 5.32 Å². The Morgan fingerprint density at radius 2 is 1.76 bits per heavy atom. The Labute approximate surface area is 108 Å². The van der Waals surface area contributed by atoms with Gasteiger partial charge in [0.05, 0.1) is 0 Å². The minimum absolute atomic E-state index is 0.730. The number of nitrogens with one attached hydrogen (secondary N) is 1. The van der Waals surface area contributed by atoms with E-state index in [1.165, 1.54) is 57.8 Å². The van der Waals surface area contributed by atoms with Gasteiger partial charge in [-0.05, 0) is 38.1 Å². The highest BCUT2D eigenvalue weighted by Gasteiger charge is 2.20. The molecular weight excluding hydrogens is 210 g/mol. The van der Waals surface area contributed by atoms with Crippen molar-refractivity contribution in [3.05, 3.63) is 0 Å². The van der Waals surface area contributed by atoms with Crippen LogP contribution < -0.4 is 5.32 Å². The van der Waals surface area contributed by atoms with Gasteiger partial charge < -0.3 is 10.1 Å². The van der Waals surface area contributed by atoms with Crippen molar-refractivity contribution in [2.24, 2.45) is 5.92 Å². The molecule has 0 spiro atoms. The van der Waals surface area contributed by atoms with Crippen LogP contribution in [0.25, 0.3) is 0 Å². The zero-order chi connectivity index (χ0) is 12.3. The van der Waals surface area contributed by atoms with Gasteiger partial charge >= 0.3 is 0 Å². The summed E-state index contributed by atoms with van der Waals surface area (Å²) in [4.78, 5) is 0. The van der Waals surface area contributed by atoms with Crippen LogP contribution in [0.15, 0.2) is 0 Å². The molecule has 0 radical (unpaired) electrons. The van der Waals surface area contributed by atoms with Gasteiger partial charge in [-0.1, -0.05) is 39.0 Å². The molecule has 2 nitrogen and oxygen atoms in total. The zero-order valence-corrected chi connectivity index (χ0v) is 11.8. The summed E-state index contributed by atoms with van der Waals surface area (Å²) in [5.74, 6) is 0.909. The van der Waals surface area contributed by atoms with Crippen LogP contribution in [0.3, 0.4) is 0 Å². The summed E-state index contributed by atoms with van der Waals surface area (Å²) in [6.45, 7) is 4.25. The van der Waals surface area contributed by atoms with E-state index in [1.54, 1.807) is 7.11 Å². The molecule has 0 aromatic heterocycles. The summed E-state index contributed by atoms with van der Waals surface area (Å²) in [6.07, 6.45) is 12.6. The van der Waals surface area contributed by atoms with Gasteiger partial charge in [0.1, 0.15) is 0 Å². The van der Waals surface area contributed by atoms with E-state index in [0.29, 0.717) is 0 Å². The second-order valence-corrected chi connectivity index (χ2v) is 5.40. The van der Waals surface area contributed by atoms with Crippen molar-refractivity contribution in [2.45, 2.75) is 70.8 Å². The lowest BCUT2D eigenvalue weighted by Gasteiger charge is -2.29. The maximum Gasteiger partial charge on any atom is 0.0462 e. The Morgan fingerprint density at radius 3 is 2.35 bits per heavy atom. The van der Waals surface area contributed by atoms with Gasteiger partial charge in [-0.3, -0.25) is 0 Å². The van der Waals surface area contributed by atoms with E-state index >= 15 is 0 Å². The molecule has 1 fully saturated rings. The first-order valence-electron chi connectivity index (χ1n) is 7.60. The molecule has 2 heteroatoms. The Morgan fingerprint density at radius 1 is 1.12 bits per heavy atom. The lowest BCUT2D eigenvalue weighted by molar-refractivity contribution is 0.179. The van der Waals surface area contributed by atoms with Crippen LogP contribution in [0, 0.1) is 5.92 Å². The van der Waals surface area contributed by atoms with Crippen LogP contribution in [0.1, 0.15) is 64.7 Å². The molecule has 1 aliphatic carbocycles. The third-order valence-electron chi connectivity index (χ3n) is 4.05. The van der Waals surface area contributed by atoms with Crippen molar-refractivity contribution in [3.8, 4) is 0 Å². The van der Waals surface area contributed by atoms with Gasteiger partial charge in [0.15, 0.2) is 0 Å². The first kappa shape index (κ1) is 15.0. The van der Waals surface area contributed by atoms with Crippen LogP contribution in [0.4, 0.5) is 0 Å². The van der Waals surface area contributed by atoms with Crippen LogP contribution in [-0.2, 0) is 4.74 Å². The van der Waals surface area contributed by atoms with E-state index in [0.717, 1.165) is 25.1 Å². The molecule has 0 bridgehead atoms. The predicted molar refractivity (Wildman–Crippen MR) is 74.4 cm³/mol. The van der Waals surface area contributed by atoms with Gasteiger partial charge in [-0.25, -0.2) is 0 Å². The van der Waals surface area contributed by atoms with Crippen LogP contribution in [0.2, 0.25) is 0 Å². The van der Waals surface area contributed by atoms with Gasteiger partial charge in [-0.15, -0.1) is 0 Å². The van der Waals surface area contributed by atoms with Crippen molar-refractivity contribution in [1.29, 1.82) is 0 Å². The van der Waals surface area contributed by atoms with Crippen LogP contribution in [0.5, 0.6) is 0 Å². The summed E-state index contributed by atoms with van der Waals surface area (Å²) in [5, 5.41) is 3.70. The monoisotopic (exact) mass is 241 g/mol. The minimum atomic E-state index is 0.730. The third-order valence-corrected chi connectivity index (χ3v) is 4.05. The highest BCUT2D eigenvalue weighted by atomic mass is 16.5. The molecule has 0 aromatic carbocycles. The van der Waals surface area contributed by atoms with Crippen molar-refractivity contribution in [3.63, 3.8) is 0 Å². The van der Waals surface area contributed by atoms with E-state index in [2.05, 4.69) is 12.2 Å². The highest BCUT2D eigenvalue weighted by molar-refractivity contribution is 4.77. The largest absolute Gasteiger partial charge is 0.385 e. The molecule has 0 heterocycles. The van der Waals surface area contributed by atoms with Crippen molar-refractivity contribution in [2.75, 3.05) is 20.3 Å². The molecule has 1 saturated carbocycles. The average Bonchev–Trinajstić information content (AvgIpc) is 2.28. The highest BCUT2D eigenvalue weighted by Crippen LogP contribution is 2.26. The summed E-state index contributed by atoms with van der Waals surface area (Å²) in [6, 6.07) is 0.730. The van der Waals surface area contributed by atoms with Crippen LogP contribution in [-0.4, -0.2) is 26.3 Å². The normalized spacial score (nSPS) is 20.8. The molecule has 0 saturated heterocycles. The van der Waals surface area contributed by atoms with E-state index in [1.807, 2.05) is 0 Å². The maximum atomic E-state index is 5.17. The molecule has 1 unspecified atom stereocenters. The lowest BCUT2D eigenvalue weighted by atomic mass is 9.84. The molecule has 17 heavy (non-hydrogen) atoms. The van der Waals surface area contributed by atoms with Crippen LogP contribution >= 0.6 is 0 Å². The van der Waals surface area contributed by atoms with Gasteiger partial charge in [0.25, 0.3) is 0 Å². The molecular formula is C15H31NO. The SMILES string of the molecule is CCNC(CCCOC)C1CCCCCCC1. The fourth-order valence-electron chi connectivity index (χ4n) is 3.10. The molecule has 1 atom stereocenters. The van der Waals surface area contributed by atoms with Gasteiger partial charge in [0.2, 0.25) is 0 Å². The van der Waals surface area contributed by atoms with Gasteiger partial charge in [-0.2, -0.15) is 0 Å². The zero-order valence-electron chi connectivity index (χ0n) is 11.8. The Bertz CT molecular complexity index is 164. The van der Waals surface area contributed by atoms with Crippen molar-refractivity contribution >= 4 is 0 Å². The third kappa shape index (κ3) is 6.42. The number of rotatable bonds is 7. The molecule has 1 aliphatic rings. The molecule has 0 aromatic rings. The Kier molecular flexibility index (Phi) is 8.72. The molecule has 102 valence electrons. The predicted octanol–water partition coefficient (Wildman–Crippen LogP) is 3.75. The molecule has 0 aliphatic heterocycles.